The maximum atomic E-state index is 11.7. The summed E-state index contributed by atoms with van der Waals surface area (Å²) in [5, 5.41) is 0. The molecular formula is C17H16O6. The van der Waals surface area contributed by atoms with Gasteiger partial charge in [-0.15, -0.1) is 0 Å². The standard InChI is InChI=1S/C17H16O6/c1-20-13-7-9-14(10-8-13)22-11-16(18)23-15-5-3-12(4-6-15)17(19)21-2/h3-10H,11H2,1-2H3. The zero-order chi connectivity index (χ0) is 16.7. The van der Waals surface area contributed by atoms with Gasteiger partial charge in [0.05, 0.1) is 19.8 Å². The molecule has 0 atom stereocenters. The van der Waals surface area contributed by atoms with Crippen LogP contribution < -0.4 is 14.2 Å². The zero-order valence-corrected chi connectivity index (χ0v) is 12.8. The minimum absolute atomic E-state index is 0.231. The van der Waals surface area contributed by atoms with Gasteiger partial charge in [0.2, 0.25) is 0 Å². The summed E-state index contributed by atoms with van der Waals surface area (Å²) in [5.41, 5.74) is 0.377. The van der Waals surface area contributed by atoms with Crippen LogP contribution in [0.3, 0.4) is 0 Å². The Bertz CT molecular complexity index is 660. The number of carbonyl (C=O) groups excluding carboxylic acids is 2. The Morgan fingerprint density at radius 1 is 0.826 bits per heavy atom. The lowest BCUT2D eigenvalue weighted by Crippen LogP contribution is -2.17. The average molecular weight is 316 g/mol. The van der Waals surface area contributed by atoms with E-state index in [-0.39, 0.29) is 6.61 Å². The van der Waals surface area contributed by atoms with Gasteiger partial charge in [-0.05, 0) is 48.5 Å². The van der Waals surface area contributed by atoms with Crippen molar-refractivity contribution in [1.29, 1.82) is 0 Å². The maximum Gasteiger partial charge on any atom is 0.349 e. The van der Waals surface area contributed by atoms with Crippen molar-refractivity contribution in [1.82, 2.24) is 0 Å². The fourth-order valence-corrected chi connectivity index (χ4v) is 1.75. The van der Waals surface area contributed by atoms with E-state index in [0.717, 1.165) is 0 Å². The van der Waals surface area contributed by atoms with E-state index in [9.17, 15) is 9.59 Å². The Labute approximate surface area is 133 Å². The van der Waals surface area contributed by atoms with Gasteiger partial charge < -0.3 is 18.9 Å². The second-order valence-electron chi connectivity index (χ2n) is 4.45. The molecule has 0 aliphatic carbocycles. The van der Waals surface area contributed by atoms with Crippen LogP contribution in [0.4, 0.5) is 0 Å². The smallest absolute Gasteiger partial charge is 0.349 e. The SMILES string of the molecule is COC(=O)c1ccc(OC(=O)COc2ccc(OC)cc2)cc1. The van der Waals surface area contributed by atoms with E-state index in [0.29, 0.717) is 22.8 Å². The molecule has 0 bridgehead atoms. The number of hydrogen-bond acceptors (Lipinski definition) is 6. The molecule has 120 valence electrons. The van der Waals surface area contributed by atoms with Gasteiger partial charge in [0.25, 0.3) is 0 Å². The molecule has 0 unspecified atom stereocenters. The van der Waals surface area contributed by atoms with Gasteiger partial charge in [0, 0.05) is 0 Å². The predicted octanol–water partition coefficient (Wildman–Crippen LogP) is 2.47. The van der Waals surface area contributed by atoms with Crippen molar-refractivity contribution in [2.24, 2.45) is 0 Å². The first-order chi connectivity index (χ1) is 11.1. The van der Waals surface area contributed by atoms with Gasteiger partial charge >= 0.3 is 11.9 Å². The number of benzene rings is 2. The molecule has 0 fully saturated rings. The van der Waals surface area contributed by atoms with E-state index in [2.05, 4.69) is 4.74 Å². The summed E-state index contributed by atoms with van der Waals surface area (Å²) in [4.78, 5) is 23.0. The second-order valence-corrected chi connectivity index (χ2v) is 4.45. The zero-order valence-electron chi connectivity index (χ0n) is 12.8. The molecule has 2 aromatic carbocycles. The lowest BCUT2D eigenvalue weighted by molar-refractivity contribution is -0.136. The monoisotopic (exact) mass is 316 g/mol. The predicted molar refractivity (Wildman–Crippen MR) is 81.9 cm³/mol. The largest absolute Gasteiger partial charge is 0.497 e. The molecule has 0 spiro atoms. The maximum absolute atomic E-state index is 11.7. The normalized spacial score (nSPS) is 9.83. The van der Waals surface area contributed by atoms with Crippen LogP contribution in [-0.2, 0) is 9.53 Å². The summed E-state index contributed by atoms with van der Waals surface area (Å²) in [6, 6.07) is 12.9. The molecule has 0 radical (unpaired) electrons. The molecule has 2 rings (SSSR count). The third-order valence-electron chi connectivity index (χ3n) is 2.92. The van der Waals surface area contributed by atoms with Crippen LogP contribution in [0.5, 0.6) is 17.2 Å². The van der Waals surface area contributed by atoms with Gasteiger partial charge in [-0.25, -0.2) is 9.59 Å². The van der Waals surface area contributed by atoms with Crippen molar-refractivity contribution < 1.29 is 28.5 Å². The van der Waals surface area contributed by atoms with Gasteiger partial charge in [-0.2, -0.15) is 0 Å². The fraction of sp³-hybridized carbons (Fsp3) is 0.176. The Morgan fingerprint density at radius 2 is 1.39 bits per heavy atom. The van der Waals surface area contributed by atoms with E-state index >= 15 is 0 Å². The fourth-order valence-electron chi connectivity index (χ4n) is 1.75. The first kappa shape index (κ1) is 16.4. The summed E-state index contributed by atoms with van der Waals surface area (Å²) in [7, 11) is 2.87. The van der Waals surface area contributed by atoms with Crippen LogP contribution in [0.15, 0.2) is 48.5 Å². The van der Waals surface area contributed by atoms with Gasteiger partial charge in [0.15, 0.2) is 6.61 Å². The quantitative estimate of drug-likeness (QED) is 0.602. The second kappa shape index (κ2) is 7.84. The van der Waals surface area contributed by atoms with E-state index in [4.69, 9.17) is 14.2 Å². The molecule has 0 amide bonds. The van der Waals surface area contributed by atoms with Crippen LogP contribution >= 0.6 is 0 Å². The van der Waals surface area contributed by atoms with E-state index in [1.165, 1.54) is 31.4 Å². The first-order valence-corrected chi connectivity index (χ1v) is 6.78. The van der Waals surface area contributed by atoms with Crippen molar-refractivity contribution in [3.05, 3.63) is 54.1 Å². The Hall–Kier alpha value is -3.02. The van der Waals surface area contributed by atoms with Crippen molar-refractivity contribution in [3.8, 4) is 17.2 Å². The Kier molecular flexibility index (Phi) is 5.57. The number of hydrogen-bond donors (Lipinski definition) is 0. The molecule has 0 heterocycles. The minimum Gasteiger partial charge on any atom is -0.497 e. The molecule has 0 saturated carbocycles. The van der Waals surface area contributed by atoms with Crippen molar-refractivity contribution in [2.75, 3.05) is 20.8 Å². The molecule has 0 aromatic heterocycles. The van der Waals surface area contributed by atoms with Crippen LogP contribution in [0.25, 0.3) is 0 Å². The lowest BCUT2D eigenvalue weighted by atomic mass is 10.2. The number of ether oxygens (including phenoxy) is 4. The number of rotatable bonds is 6. The highest BCUT2D eigenvalue weighted by atomic mass is 16.6. The molecular weight excluding hydrogens is 300 g/mol. The minimum atomic E-state index is -0.549. The Morgan fingerprint density at radius 3 is 1.96 bits per heavy atom. The molecule has 0 N–H and O–H groups in total. The van der Waals surface area contributed by atoms with E-state index in [1.54, 1.807) is 31.4 Å². The van der Waals surface area contributed by atoms with Crippen LogP contribution in [-0.4, -0.2) is 32.8 Å². The number of esters is 2. The Balaban J connectivity index is 1.85. The van der Waals surface area contributed by atoms with Crippen molar-refractivity contribution in [3.63, 3.8) is 0 Å². The summed E-state index contributed by atoms with van der Waals surface area (Å²) in [6.07, 6.45) is 0. The summed E-state index contributed by atoms with van der Waals surface area (Å²) in [5.74, 6) is 0.549. The molecule has 6 nitrogen and oxygen atoms in total. The third kappa shape index (κ3) is 4.74. The summed E-state index contributed by atoms with van der Waals surface area (Å²) in [6.45, 7) is -0.231. The van der Waals surface area contributed by atoms with Gasteiger partial charge in [-0.1, -0.05) is 0 Å². The van der Waals surface area contributed by atoms with E-state index in [1.807, 2.05) is 0 Å². The molecule has 0 aliphatic heterocycles. The summed E-state index contributed by atoms with van der Waals surface area (Å²) < 4.78 is 20.0. The topological polar surface area (TPSA) is 71.1 Å². The van der Waals surface area contributed by atoms with Crippen molar-refractivity contribution >= 4 is 11.9 Å². The van der Waals surface area contributed by atoms with Gasteiger partial charge in [-0.3, -0.25) is 0 Å². The lowest BCUT2D eigenvalue weighted by Gasteiger charge is -2.08. The highest BCUT2D eigenvalue weighted by Crippen LogP contribution is 2.17. The van der Waals surface area contributed by atoms with Crippen LogP contribution in [0.1, 0.15) is 10.4 Å². The number of methoxy groups -OCH3 is 2. The van der Waals surface area contributed by atoms with E-state index < -0.39 is 11.9 Å². The molecule has 23 heavy (non-hydrogen) atoms. The van der Waals surface area contributed by atoms with Crippen LogP contribution in [0, 0.1) is 0 Å². The van der Waals surface area contributed by atoms with Crippen LogP contribution in [0.2, 0.25) is 0 Å². The molecule has 0 saturated heterocycles. The summed E-state index contributed by atoms with van der Waals surface area (Å²) >= 11 is 0. The number of carbonyl (C=O) groups is 2. The van der Waals surface area contributed by atoms with Gasteiger partial charge in [0.1, 0.15) is 17.2 Å². The molecule has 6 heteroatoms. The highest BCUT2D eigenvalue weighted by Gasteiger charge is 2.09. The highest BCUT2D eigenvalue weighted by molar-refractivity contribution is 5.89. The van der Waals surface area contributed by atoms with Crippen molar-refractivity contribution in [2.45, 2.75) is 0 Å². The molecule has 0 aliphatic rings. The average Bonchev–Trinajstić information content (AvgIpc) is 2.60. The third-order valence-corrected chi connectivity index (χ3v) is 2.92. The molecule has 2 aromatic rings. The first-order valence-electron chi connectivity index (χ1n) is 6.78.